The molecule has 0 saturated heterocycles. The Morgan fingerprint density at radius 2 is 1.61 bits per heavy atom. The number of nitrogens with one attached hydrogen (secondary N) is 1. The second kappa shape index (κ2) is 5.27. The molecular weight excluding hydrogens is 304 g/mol. The lowest BCUT2D eigenvalue weighted by molar-refractivity contribution is 0.101. The van der Waals surface area contributed by atoms with Crippen LogP contribution in [-0.4, -0.2) is 5.91 Å². The third kappa shape index (κ3) is 2.73. The SMILES string of the molecule is O=C(Nc1ccccc1)c1c(F)cc(Br)cc1F. The summed E-state index contributed by atoms with van der Waals surface area (Å²) < 4.78 is 27.3. The van der Waals surface area contributed by atoms with Crippen LogP contribution in [-0.2, 0) is 0 Å². The third-order valence-electron chi connectivity index (χ3n) is 2.27. The van der Waals surface area contributed by atoms with Gasteiger partial charge in [0.05, 0.1) is 0 Å². The smallest absolute Gasteiger partial charge is 0.261 e. The van der Waals surface area contributed by atoms with Gasteiger partial charge in [0.1, 0.15) is 17.2 Å². The zero-order valence-corrected chi connectivity index (χ0v) is 10.7. The van der Waals surface area contributed by atoms with Crippen LogP contribution in [0.25, 0.3) is 0 Å². The highest BCUT2D eigenvalue weighted by Gasteiger charge is 2.18. The van der Waals surface area contributed by atoms with Crippen LogP contribution in [0.15, 0.2) is 46.9 Å². The van der Waals surface area contributed by atoms with E-state index in [1.165, 1.54) is 0 Å². The maximum atomic E-state index is 13.5. The molecule has 92 valence electrons. The fraction of sp³-hybridized carbons (Fsp3) is 0. The monoisotopic (exact) mass is 311 g/mol. The maximum absolute atomic E-state index is 13.5. The van der Waals surface area contributed by atoms with Crippen LogP contribution in [0.5, 0.6) is 0 Å². The van der Waals surface area contributed by atoms with Crippen molar-refractivity contribution in [1.29, 1.82) is 0 Å². The summed E-state index contributed by atoms with van der Waals surface area (Å²) in [5.41, 5.74) is -0.119. The molecule has 0 aliphatic heterocycles. The molecule has 0 saturated carbocycles. The first kappa shape index (κ1) is 12.7. The van der Waals surface area contributed by atoms with Crippen molar-refractivity contribution in [2.75, 3.05) is 5.32 Å². The number of rotatable bonds is 2. The Hall–Kier alpha value is -1.75. The fourth-order valence-electron chi connectivity index (χ4n) is 1.47. The molecule has 2 aromatic carbocycles. The summed E-state index contributed by atoms with van der Waals surface area (Å²) in [4.78, 5) is 11.8. The molecule has 2 rings (SSSR count). The van der Waals surface area contributed by atoms with E-state index in [4.69, 9.17) is 0 Å². The molecule has 0 heterocycles. The first-order valence-electron chi connectivity index (χ1n) is 5.09. The summed E-state index contributed by atoms with van der Waals surface area (Å²) in [5.74, 6) is -2.63. The summed E-state index contributed by atoms with van der Waals surface area (Å²) in [5, 5.41) is 2.43. The van der Waals surface area contributed by atoms with Crippen molar-refractivity contribution >= 4 is 27.5 Å². The number of benzene rings is 2. The highest BCUT2D eigenvalue weighted by molar-refractivity contribution is 9.10. The van der Waals surface area contributed by atoms with Crippen molar-refractivity contribution in [2.45, 2.75) is 0 Å². The molecule has 1 amide bonds. The highest BCUT2D eigenvalue weighted by atomic mass is 79.9. The van der Waals surface area contributed by atoms with Crippen molar-refractivity contribution < 1.29 is 13.6 Å². The largest absolute Gasteiger partial charge is 0.322 e. The van der Waals surface area contributed by atoms with Gasteiger partial charge in [0, 0.05) is 10.2 Å². The summed E-state index contributed by atoms with van der Waals surface area (Å²) in [7, 11) is 0. The molecule has 0 atom stereocenters. The standard InChI is InChI=1S/C13H8BrF2NO/c14-8-6-10(15)12(11(16)7-8)13(18)17-9-4-2-1-3-5-9/h1-7H,(H,17,18). The molecule has 5 heteroatoms. The van der Waals surface area contributed by atoms with Gasteiger partial charge in [-0.25, -0.2) is 8.78 Å². The zero-order valence-electron chi connectivity index (χ0n) is 9.08. The molecule has 18 heavy (non-hydrogen) atoms. The van der Waals surface area contributed by atoms with Gasteiger partial charge in [-0.3, -0.25) is 4.79 Å². The van der Waals surface area contributed by atoms with Crippen molar-refractivity contribution in [2.24, 2.45) is 0 Å². The lowest BCUT2D eigenvalue weighted by Crippen LogP contribution is -2.15. The quantitative estimate of drug-likeness (QED) is 0.893. The normalized spacial score (nSPS) is 10.2. The first-order chi connectivity index (χ1) is 8.58. The van der Waals surface area contributed by atoms with E-state index in [1.54, 1.807) is 30.3 Å². The lowest BCUT2D eigenvalue weighted by atomic mass is 10.2. The number of anilines is 1. The van der Waals surface area contributed by atoms with Crippen molar-refractivity contribution in [3.8, 4) is 0 Å². The van der Waals surface area contributed by atoms with Gasteiger partial charge in [-0.1, -0.05) is 34.1 Å². The topological polar surface area (TPSA) is 29.1 Å². The van der Waals surface area contributed by atoms with Gasteiger partial charge in [-0.15, -0.1) is 0 Å². The Bertz CT molecular complexity index is 564. The molecule has 0 spiro atoms. The molecule has 2 aromatic rings. The lowest BCUT2D eigenvalue weighted by Gasteiger charge is -2.07. The number of carbonyl (C=O) groups excluding carboxylic acids is 1. The van der Waals surface area contributed by atoms with Gasteiger partial charge >= 0.3 is 0 Å². The van der Waals surface area contributed by atoms with E-state index in [0.717, 1.165) is 12.1 Å². The Labute approximate surface area is 111 Å². The van der Waals surface area contributed by atoms with E-state index in [2.05, 4.69) is 21.2 Å². The molecule has 0 radical (unpaired) electrons. The predicted octanol–water partition coefficient (Wildman–Crippen LogP) is 3.98. The zero-order chi connectivity index (χ0) is 13.1. The molecule has 0 aliphatic carbocycles. The minimum atomic E-state index is -0.907. The van der Waals surface area contributed by atoms with Gasteiger partial charge in [0.25, 0.3) is 5.91 Å². The molecule has 0 aliphatic rings. The van der Waals surface area contributed by atoms with Crippen molar-refractivity contribution in [3.05, 3.63) is 64.1 Å². The molecule has 0 bridgehead atoms. The van der Waals surface area contributed by atoms with Gasteiger partial charge in [0.15, 0.2) is 0 Å². The molecule has 0 fully saturated rings. The van der Waals surface area contributed by atoms with Crippen LogP contribution in [0, 0.1) is 11.6 Å². The minimum Gasteiger partial charge on any atom is -0.322 e. The fourth-order valence-corrected chi connectivity index (χ4v) is 1.88. The second-order valence-corrected chi connectivity index (χ2v) is 4.48. The van der Waals surface area contributed by atoms with Gasteiger partial charge in [-0.2, -0.15) is 0 Å². The van der Waals surface area contributed by atoms with Gasteiger partial charge in [0.2, 0.25) is 0 Å². The number of carbonyl (C=O) groups is 1. The third-order valence-corrected chi connectivity index (χ3v) is 2.72. The predicted molar refractivity (Wildman–Crippen MR) is 68.5 cm³/mol. The molecule has 2 nitrogen and oxygen atoms in total. The molecular formula is C13H8BrF2NO. The van der Waals surface area contributed by atoms with E-state index >= 15 is 0 Å². The van der Waals surface area contributed by atoms with Crippen molar-refractivity contribution in [3.63, 3.8) is 0 Å². The number of hydrogen-bond acceptors (Lipinski definition) is 1. The van der Waals surface area contributed by atoms with Crippen LogP contribution in [0.3, 0.4) is 0 Å². The van der Waals surface area contributed by atoms with Gasteiger partial charge in [-0.05, 0) is 24.3 Å². The molecule has 1 N–H and O–H groups in total. The van der Waals surface area contributed by atoms with E-state index in [-0.39, 0.29) is 4.47 Å². The number of hydrogen-bond donors (Lipinski definition) is 1. The Kier molecular flexibility index (Phi) is 3.72. The van der Waals surface area contributed by atoms with E-state index < -0.39 is 23.1 Å². The van der Waals surface area contributed by atoms with Crippen LogP contribution in [0.1, 0.15) is 10.4 Å². The van der Waals surface area contributed by atoms with E-state index in [0.29, 0.717) is 5.69 Å². The van der Waals surface area contributed by atoms with Crippen LogP contribution < -0.4 is 5.32 Å². The number of amides is 1. The summed E-state index contributed by atoms with van der Waals surface area (Å²) >= 11 is 2.95. The van der Waals surface area contributed by atoms with Gasteiger partial charge < -0.3 is 5.32 Å². The molecule has 0 unspecified atom stereocenters. The molecule has 0 aromatic heterocycles. The summed E-state index contributed by atoms with van der Waals surface area (Å²) in [6.07, 6.45) is 0. The average molecular weight is 312 g/mol. The van der Waals surface area contributed by atoms with Crippen LogP contribution in [0.2, 0.25) is 0 Å². The maximum Gasteiger partial charge on any atom is 0.261 e. The summed E-state index contributed by atoms with van der Waals surface area (Å²) in [6.45, 7) is 0. The van der Waals surface area contributed by atoms with Crippen LogP contribution >= 0.6 is 15.9 Å². The highest BCUT2D eigenvalue weighted by Crippen LogP contribution is 2.20. The van der Waals surface area contributed by atoms with Crippen molar-refractivity contribution in [1.82, 2.24) is 0 Å². The average Bonchev–Trinajstić information content (AvgIpc) is 2.28. The summed E-state index contributed by atoms with van der Waals surface area (Å²) in [6, 6.07) is 10.6. The first-order valence-corrected chi connectivity index (χ1v) is 5.88. The Balaban J connectivity index is 2.30. The van der Waals surface area contributed by atoms with E-state index in [9.17, 15) is 13.6 Å². The van der Waals surface area contributed by atoms with E-state index in [1.807, 2.05) is 0 Å². The minimum absolute atomic E-state index is 0.244. The Morgan fingerprint density at radius 3 is 2.17 bits per heavy atom. The number of para-hydroxylation sites is 1. The Morgan fingerprint density at radius 1 is 1.06 bits per heavy atom. The van der Waals surface area contributed by atoms with Crippen LogP contribution in [0.4, 0.5) is 14.5 Å². The number of halogens is 3. The second-order valence-electron chi connectivity index (χ2n) is 3.56.